The lowest BCUT2D eigenvalue weighted by Crippen LogP contribution is -3.06. The number of nitrogens with one attached hydrogen (secondary N) is 2. The van der Waals surface area contributed by atoms with Gasteiger partial charge in [0.2, 0.25) is 0 Å². The van der Waals surface area contributed by atoms with Gasteiger partial charge < -0.3 is 19.7 Å². The molecule has 8 heteroatoms. The summed E-state index contributed by atoms with van der Waals surface area (Å²) >= 11 is 0. The van der Waals surface area contributed by atoms with Crippen LogP contribution in [0.1, 0.15) is 28.4 Å². The summed E-state index contributed by atoms with van der Waals surface area (Å²) < 4.78 is 1.78. The average molecular weight is 396 g/mol. The first-order chi connectivity index (χ1) is 13.9. The Kier molecular flexibility index (Phi) is 5.19. The van der Waals surface area contributed by atoms with E-state index in [1.165, 1.54) is 0 Å². The number of amides is 2. The summed E-state index contributed by atoms with van der Waals surface area (Å²) in [6.45, 7) is 2.07. The molecular weight excluding hydrogens is 370 g/mol. The molecule has 2 aromatic rings. The van der Waals surface area contributed by atoms with Crippen molar-refractivity contribution in [3.8, 4) is 0 Å². The lowest BCUT2D eigenvalue weighted by Gasteiger charge is -2.42. The van der Waals surface area contributed by atoms with Crippen LogP contribution < -0.4 is 15.8 Å². The molecule has 2 aromatic heterocycles. The summed E-state index contributed by atoms with van der Waals surface area (Å²) in [6, 6.07) is 7.15. The van der Waals surface area contributed by atoms with Crippen molar-refractivity contribution in [1.29, 1.82) is 0 Å². The molecule has 2 amide bonds. The minimum absolute atomic E-state index is 0.0151. The lowest BCUT2D eigenvalue weighted by atomic mass is 9.83. The number of fused-ring (bicyclic) bond motifs is 4. The zero-order valence-corrected chi connectivity index (χ0v) is 16.7. The van der Waals surface area contributed by atoms with Gasteiger partial charge >= 0.3 is 0 Å². The number of pyridine rings is 2. The molecule has 1 fully saturated rings. The summed E-state index contributed by atoms with van der Waals surface area (Å²) in [5.74, 6) is 0.147. The van der Waals surface area contributed by atoms with Gasteiger partial charge in [0.05, 0.1) is 19.7 Å². The largest absolute Gasteiger partial charge is 0.338 e. The second kappa shape index (κ2) is 7.79. The van der Waals surface area contributed by atoms with Crippen LogP contribution in [0.5, 0.6) is 0 Å². The van der Waals surface area contributed by atoms with Crippen LogP contribution in [0.15, 0.2) is 41.5 Å². The van der Waals surface area contributed by atoms with Gasteiger partial charge in [-0.1, -0.05) is 0 Å². The Hall–Kier alpha value is -3.00. The van der Waals surface area contributed by atoms with Crippen molar-refractivity contribution in [1.82, 2.24) is 14.5 Å². The van der Waals surface area contributed by atoms with E-state index in [0.717, 1.165) is 17.0 Å². The number of nitrogens with zero attached hydrogens (tertiary/aromatic N) is 3. The number of carbonyl (C=O) groups excluding carboxylic acids is 2. The maximum Gasteiger partial charge on any atom is 0.279 e. The van der Waals surface area contributed by atoms with Crippen LogP contribution >= 0.6 is 0 Å². The second-order valence-corrected chi connectivity index (χ2v) is 8.27. The van der Waals surface area contributed by atoms with Crippen LogP contribution in [-0.2, 0) is 11.3 Å². The third-order valence-electron chi connectivity index (χ3n) is 5.59. The first kappa shape index (κ1) is 19.3. The number of carbonyl (C=O) groups is 2. The van der Waals surface area contributed by atoms with Crippen molar-refractivity contribution >= 4 is 17.5 Å². The van der Waals surface area contributed by atoms with E-state index in [0.29, 0.717) is 37.4 Å². The van der Waals surface area contributed by atoms with Crippen molar-refractivity contribution in [2.75, 3.05) is 39.0 Å². The van der Waals surface area contributed by atoms with E-state index >= 15 is 0 Å². The van der Waals surface area contributed by atoms with Crippen molar-refractivity contribution in [3.63, 3.8) is 0 Å². The van der Waals surface area contributed by atoms with Crippen molar-refractivity contribution in [3.05, 3.63) is 58.3 Å². The molecule has 29 heavy (non-hydrogen) atoms. The predicted molar refractivity (Wildman–Crippen MR) is 108 cm³/mol. The molecule has 4 rings (SSSR count). The molecule has 2 atom stereocenters. The number of quaternary nitrogens is 1. The summed E-state index contributed by atoms with van der Waals surface area (Å²) in [4.78, 5) is 44.8. The van der Waals surface area contributed by atoms with Crippen LogP contribution in [-0.4, -0.2) is 60.0 Å². The van der Waals surface area contributed by atoms with Crippen LogP contribution in [0.3, 0.4) is 0 Å². The summed E-state index contributed by atoms with van der Waals surface area (Å²) in [5, 5.41) is 2.74. The van der Waals surface area contributed by atoms with E-state index in [1.807, 2.05) is 25.1 Å². The average Bonchev–Trinajstić information content (AvgIpc) is 2.70. The fraction of sp³-hybridized carbons (Fsp3) is 0.429. The molecule has 0 unspecified atom stereocenters. The Bertz CT molecular complexity index is 986. The van der Waals surface area contributed by atoms with Gasteiger partial charge in [-0.25, -0.2) is 0 Å². The number of likely N-dealkylation sites (tertiary alicyclic amines) is 1. The SMILES string of the molecule is C[NH+](C)CC(=O)Nc1ccc2n(c1=O)C[C@H]1C[C@@H]2CN(C(=O)c2cccnc2)C1. The van der Waals surface area contributed by atoms with Crippen molar-refractivity contribution < 1.29 is 14.5 Å². The smallest absolute Gasteiger partial charge is 0.279 e. The van der Waals surface area contributed by atoms with E-state index in [-0.39, 0.29) is 29.2 Å². The first-order valence-corrected chi connectivity index (χ1v) is 9.94. The predicted octanol–water partition coefficient (Wildman–Crippen LogP) is -0.414. The van der Waals surface area contributed by atoms with Crippen LogP contribution in [0.2, 0.25) is 0 Å². The van der Waals surface area contributed by atoms with Crippen molar-refractivity contribution in [2.45, 2.75) is 18.9 Å². The third-order valence-corrected chi connectivity index (χ3v) is 5.59. The van der Waals surface area contributed by atoms with E-state index in [4.69, 9.17) is 0 Å². The van der Waals surface area contributed by atoms with Crippen molar-refractivity contribution in [2.24, 2.45) is 5.92 Å². The highest BCUT2D eigenvalue weighted by Crippen LogP contribution is 2.35. The molecule has 2 bridgehead atoms. The van der Waals surface area contributed by atoms with Crippen LogP contribution in [0.25, 0.3) is 0 Å². The molecule has 2 N–H and O–H groups in total. The molecule has 1 saturated heterocycles. The zero-order valence-electron chi connectivity index (χ0n) is 16.7. The standard InChI is InChI=1S/C21H25N5O3/c1-24(2)13-19(27)23-17-5-6-18-16-8-14(11-26(18)21(17)29)10-25(12-16)20(28)15-4-3-7-22-9-15/h3-7,9,14,16H,8,10-13H2,1-2H3,(H,23,27)/p+1/t14-,16+/m0/s1. The van der Waals surface area contributed by atoms with Gasteiger partial charge in [0, 0.05) is 43.6 Å². The molecule has 0 aliphatic carbocycles. The highest BCUT2D eigenvalue weighted by molar-refractivity contribution is 5.94. The number of hydrogen-bond donors (Lipinski definition) is 2. The minimum atomic E-state index is -0.174. The monoisotopic (exact) mass is 396 g/mol. The summed E-state index contributed by atoms with van der Waals surface area (Å²) in [6.07, 6.45) is 4.21. The highest BCUT2D eigenvalue weighted by Gasteiger charge is 2.37. The maximum atomic E-state index is 13.0. The van der Waals surface area contributed by atoms with E-state index in [2.05, 4.69) is 10.3 Å². The Morgan fingerprint density at radius 1 is 1.21 bits per heavy atom. The molecule has 0 spiro atoms. The fourth-order valence-electron chi connectivity index (χ4n) is 4.39. The zero-order chi connectivity index (χ0) is 20.5. The van der Waals surface area contributed by atoms with Gasteiger partial charge in [0.15, 0.2) is 6.54 Å². The third kappa shape index (κ3) is 3.93. The van der Waals surface area contributed by atoms with Crippen LogP contribution in [0, 0.1) is 5.92 Å². The number of rotatable bonds is 4. The number of hydrogen-bond acceptors (Lipinski definition) is 4. The van der Waals surface area contributed by atoms with Crippen LogP contribution in [0.4, 0.5) is 5.69 Å². The van der Waals surface area contributed by atoms with Gasteiger partial charge in [-0.15, -0.1) is 0 Å². The Morgan fingerprint density at radius 2 is 2.03 bits per heavy atom. The van der Waals surface area contributed by atoms with E-state index < -0.39 is 0 Å². The molecular formula is C21H26N5O3+. The Balaban J connectivity index is 1.55. The number of anilines is 1. The van der Waals surface area contributed by atoms with Gasteiger partial charge in [0.25, 0.3) is 17.4 Å². The van der Waals surface area contributed by atoms with Gasteiger partial charge in [-0.3, -0.25) is 19.4 Å². The molecule has 152 valence electrons. The number of aromatic nitrogens is 2. The minimum Gasteiger partial charge on any atom is -0.338 e. The Morgan fingerprint density at radius 3 is 2.76 bits per heavy atom. The number of likely N-dealkylation sites (N-methyl/N-ethyl adjacent to an activating group) is 1. The molecule has 0 aromatic carbocycles. The van der Waals surface area contributed by atoms with Gasteiger partial charge in [0.1, 0.15) is 5.69 Å². The molecule has 8 nitrogen and oxygen atoms in total. The molecule has 2 aliphatic rings. The lowest BCUT2D eigenvalue weighted by molar-refractivity contribution is -0.849. The second-order valence-electron chi connectivity index (χ2n) is 8.27. The topological polar surface area (TPSA) is 88.7 Å². The number of piperidine rings is 1. The maximum absolute atomic E-state index is 13.0. The quantitative estimate of drug-likeness (QED) is 0.735. The highest BCUT2D eigenvalue weighted by atomic mass is 16.2. The molecule has 0 radical (unpaired) electrons. The fourth-order valence-corrected chi connectivity index (χ4v) is 4.39. The summed E-state index contributed by atoms with van der Waals surface area (Å²) in [7, 11) is 3.78. The summed E-state index contributed by atoms with van der Waals surface area (Å²) in [5.41, 5.74) is 1.69. The molecule has 4 heterocycles. The Labute approximate surface area is 169 Å². The van der Waals surface area contributed by atoms with E-state index in [1.54, 1.807) is 35.2 Å². The molecule has 0 saturated carbocycles. The normalized spacial score (nSPS) is 20.3. The van der Waals surface area contributed by atoms with E-state index in [9.17, 15) is 14.4 Å². The molecule has 2 aliphatic heterocycles. The van der Waals surface area contributed by atoms with Gasteiger partial charge in [-0.2, -0.15) is 0 Å². The van der Waals surface area contributed by atoms with Gasteiger partial charge in [-0.05, 0) is 36.6 Å². The first-order valence-electron chi connectivity index (χ1n) is 9.94.